The summed E-state index contributed by atoms with van der Waals surface area (Å²) < 4.78 is 26.3. The van der Waals surface area contributed by atoms with E-state index in [-0.39, 0.29) is 22.6 Å². The van der Waals surface area contributed by atoms with Gasteiger partial charge in [-0.25, -0.2) is 13.4 Å². The molecule has 152 valence electrons. The lowest BCUT2D eigenvalue weighted by molar-refractivity contribution is -0.133. The smallest absolute Gasteiger partial charge is 0.252 e. The maximum Gasteiger partial charge on any atom is 0.252 e. The second kappa shape index (κ2) is 7.55. The van der Waals surface area contributed by atoms with Gasteiger partial charge in [0.25, 0.3) is 5.78 Å². The summed E-state index contributed by atoms with van der Waals surface area (Å²) in [5.74, 6) is -0.0139. The van der Waals surface area contributed by atoms with Crippen molar-refractivity contribution in [2.24, 2.45) is 0 Å². The van der Waals surface area contributed by atoms with E-state index in [2.05, 4.69) is 15.1 Å². The van der Waals surface area contributed by atoms with E-state index in [9.17, 15) is 13.2 Å². The highest BCUT2D eigenvalue weighted by atomic mass is 32.2. The first-order chi connectivity index (χ1) is 13.9. The Hall–Kier alpha value is -2.81. The number of amides is 1. The topological polar surface area (TPSA) is 97.5 Å². The predicted octanol–water partition coefficient (Wildman–Crippen LogP) is 2.04. The molecule has 9 heteroatoms. The minimum absolute atomic E-state index is 0.0469. The Morgan fingerprint density at radius 2 is 1.97 bits per heavy atom. The van der Waals surface area contributed by atoms with Crippen molar-refractivity contribution in [1.29, 1.82) is 0 Å². The Balaban J connectivity index is 1.67. The molecular formula is C20H23N5O3S. The molecule has 2 atom stereocenters. The van der Waals surface area contributed by atoms with E-state index in [0.29, 0.717) is 24.6 Å². The second-order valence-corrected chi connectivity index (χ2v) is 9.49. The molecule has 0 N–H and O–H groups in total. The molecule has 29 heavy (non-hydrogen) atoms. The van der Waals surface area contributed by atoms with Gasteiger partial charge in [0.05, 0.1) is 17.8 Å². The Bertz CT molecular complexity index is 1140. The van der Waals surface area contributed by atoms with Gasteiger partial charge in [0.2, 0.25) is 5.91 Å². The lowest BCUT2D eigenvalue weighted by Crippen LogP contribution is -2.41. The number of sulfone groups is 1. The van der Waals surface area contributed by atoms with Crippen molar-refractivity contribution in [3.8, 4) is 0 Å². The normalized spacial score (nSPS) is 18.7. The Morgan fingerprint density at radius 3 is 2.69 bits per heavy atom. The van der Waals surface area contributed by atoms with Gasteiger partial charge in [0, 0.05) is 25.3 Å². The van der Waals surface area contributed by atoms with Crippen LogP contribution in [-0.2, 0) is 14.6 Å². The Labute approximate surface area is 169 Å². The van der Waals surface area contributed by atoms with Gasteiger partial charge in [-0.05, 0) is 25.3 Å². The van der Waals surface area contributed by atoms with Crippen LogP contribution in [0.5, 0.6) is 0 Å². The molecule has 4 rings (SSSR count). The van der Waals surface area contributed by atoms with E-state index in [1.54, 1.807) is 0 Å². The summed E-state index contributed by atoms with van der Waals surface area (Å²) in [7, 11) is -3.50. The highest BCUT2D eigenvalue weighted by Gasteiger charge is 2.32. The standard InChI is InChI=1S/C20H23N5O3S/c1-14(15-7-4-3-5-8-15)19(26)24-10-6-9-16(12-24)18-17(29(2,27)28)11-21-20-22-13-23-25(18)20/h3-5,7-8,11,13-14,16H,6,9-10,12H2,1-2H3. The van der Waals surface area contributed by atoms with E-state index >= 15 is 0 Å². The van der Waals surface area contributed by atoms with Crippen molar-refractivity contribution in [3.63, 3.8) is 0 Å². The fourth-order valence-corrected chi connectivity index (χ4v) is 4.88. The monoisotopic (exact) mass is 413 g/mol. The lowest BCUT2D eigenvalue weighted by atomic mass is 9.92. The number of rotatable bonds is 4. The fourth-order valence-electron chi connectivity index (χ4n) is 4.00. The van der Waals surface area contributed by atoms with E-state index in [1.165, 1.54) is 23.3 Å². The highest BCUT2D eigenvalue weighted by molar-refractivity contribution is 7.90. The average molecular weight is 414 g/mol. The average Bonchev–Trinajstić information content (AvgIpc) is 3.21. The van der Waals surface area contributed by atoms with Crippen LogP contribution in [0.1, 0.15) is 42.9 Å². The molecule has 0 spiro atoms. The van der Waals surface area contributed by atoms with Gasteiger partial charge in [0.15, 0.2) is 9.84 Å². The highest BCUT2D eigenvalue weighted by Crippen LogP contribution is 2.32. The third-order valence-electron chi connectivity index (χ3n) is 5.50. The zero-order valence-corrected chi connectivity index (χ0v) is 17.2. The van der Waals surface area contributed by atoms with Crippen molar-refractivity contribution in [3.05, 3.63) is 54.1 Å². The Morgan fingerprint density at radius 1 is 1.21 bits per heavy atom. The summed E-state index contributed by atoms with van der Waals surface area (Å²) in [5, 5.41) is 4.20. The summed E-state index contributed by atoms with van der Waals surface area (Å²) in [5.41, 5.74) is 1.53. The molecule has 0 saturated carbocycles. The molecule has 3 aromatic rings. The van der Waals surface area contributed by atoms with Gasteiger partial charge in [-0.3, -0.25) is 4.79 Å². The summed E-state index contributed by atoms with van der Waals surface area (Å²) in [6, 6.07) is 9.68. The first-order valence-corrected chi connectivity index (χ1v) is 11.5. The van der Waals surface area contributed by atoms with Crippen LogP contribution in [0, 0.1) is 0 Å². The fraction of sp³-hybridized carbons (Fsp3) is 0.400. The minimum Gasteiger partial charge on any atom is -0.342 e. The lowest BCUT2D eigenvalue weighted by Gasteiger charge is -2.35. The maximum atomic E-state index is 13.1. The van der Waals surface area contributed by atoms with E-state index in [4.69, 9.17) is 0 Å². The van der Waals surface area contributed by atoms with Crippen LogP contribution < -0.4 is 0 Å². The third-order valence-corrected chi connectivity index (χ3v) is 6.61. The van der Waals surface area contributed by atoms with Gasteiger partial charge in [-0.1, -0.05) is 30.3 Å². The molecule has 0 aliphatic carbocycles. The first-order valence-electron chi connectivity index (χ1n) is 9.58. The quantitative estimate of drug-likeness (QED) is 0.649. The van der Waals surface area contributed by atoms with Crippen LogP contribution in [0.3, 0.4) is 0 Å². The first kappa shape index (κ1) is 19.5. The van der Waals surface area contributed by atoms with Crippen LogP contribution in [0.25, 0.3) is 5.78 Å². The minimum atomic E-state index is -3.50. The van der Waals surface area contributed by atoms with Crippen molar-refractivity contribution in [2.75, 3.05) is 19.3 Å². The second-order valence-electron chi connectivity index (χ2n) is 7.51. The molecule has 0 bridgehead atoms. The predicted molar refractivity (Wildman–Crippen MR) is 107 cm³/mol. The van der Waals surface area contributed by atoms with Gasteiger partial charge >= 0.3 is 0 Å². The molecule has 3 heterocycles. The van der Waals surface area contributed by atoms with E-state index < -0.39 is 9.84 Å². The number of fused-ring (bicyclic) bond motifs is 1. The molecule has 2 aromatic heterocycles. The molecule has 2 unspecified atom stereocenters. The zero-order chi connectivity index (χ0) is 20.6. The van der Waals surface area contributed by atoms with Gasteiger partial charge in [-0.2, -0.15) is 14.6 Å². The van der Waals surface area contributed by atoms with Crippen LogP contribution >= 0.6 is 0 Å². The molecule has 1 aliphatic heterocycles. The molecule has 1 saturated heterocycles. The summed E-state index contributed by atoms with van der Waals surface area (Å²) >= 11 is 0. The number of hydrogen-bond acceptors (Lipinski definition) is 6. The SMILES string of the molecule is CC(C(=O)N1CCCC(c2c(S(C)(=O)=O)cnc3ncnn23)C1)c1ccccc1. The van der Waals surface area contributed by atoms with Crippen molar-refractivity contribution in [2.45, 2.75) is 36.5 Å². The molecule has 1 fully saturated rings. The zero-order valence-electron chi connectivity index (χ0n) is 16.4. The molecular weight excluding hydrogens is 390 g/mol. The van der Waals surface area contributed by atoms with Crippen molar-refractivity contribution in [1.82, 2.24) is 24.5 Å². The number of carbonyl (C=O) groups is 1. The summed E-state index contributed by atoms with van der Waals surface area (Å²) in [6.07, 6.45) is 5.44. The van der Waals surface area contributed by atoms with E-state index in [0.717, 1.165) is 18.4 Å². The van der Waals surface area contributed by atoms with Gasteiger partial charge in [-0.15, -0.1) is 0 Å². The number of piperidine rings is 1. The number of hydrogen-bond donors (Lipinski definition) is 0. The van der Waals surface area contributed by atoms with Crippen LogP contribution in [-0.4, -0.2) is 58.2 Å². The molecule has 0 radical (unpaired) electrons. The molecule has 8 nitrogen and oxygen atoms in total. The van der Waals surface area contributed by atoms with Gasteiger partial charge < -0.3 is 4.90 Å². The maximum absolute atomic E-state index is 13.1. The van der Waals surface area contributed by atoms with Gasteiger partial charge in [0.1, 0.15) is 11.2 Å². The van der Waals surface area contributed by atoms with Crippen LogP contribution in [0.2, 0.25) is 0 Å². The number of likely N-dealkylation sites (tertiary alicyclic amines) is 1. The third kappa shape index (κ3) is 3.74. The number of aromatic nitrogens is 4. The van der Waals surface area contributed by atoms with Crippen molar-refractivity contribution < 1.29 is 13.2 Å². The number of benzene rings is 1. The van der Waals surface area contributed by atoms with E-state index in [1.807, 2.05) is 42.2 Å². The largest absolute Gasteiger partial charge is 0.342 e. The molecule has 1 amide bonds. The number of nitrogens with zero attached hydrogens (tertiary/aromatic N) is 5. The molecule has 1 aliphatic rings. The summed E-state index contributed by atoms with van der Waals surface area (Å²) in [4.78, 5) is 23.3. The summed E-state index contributed by atoms with van der Waals surface area (Å²) in [6.45, 7) is 3.01. The molecule has 1 aromatic carbocycles. The Kier molecular flexibility index (Phi) is 5.08. The van der Waals surface area contributed by atoms with Crippen LogP contribution in [0.4, 0.5) is 0 Å². The van der Waals surface area contributed by atoms with Crippen LogP contribution in [0.15, 0.2) is 47.8 Å². The number of carbonyl (C=O) groups excluding carboxylic acids is 1. The van der Waals surface area contributed by atoms with Crippen molar-refractivity contribution >= 4 is 21.5 Å².